The first kappa shape index (κ1) is 15.0. The molecule has 1 aromatic carbocycles. The van der Waals surface area contributed by atoms with Crippen LogP contribution in [0.25, 0.3) is 0 Å². The van der Waals surface area contributed by atoms with E-state index in [1.807, 2.05) is 32.0 Å². The van der Waals surface area contributed by atoms with E-state index in [2.05, 4.69) is 0 Å². The van der Waals surface area contributed by atoms with Gasteiger partial charge < -0.3 is 15.5 Å². The number of benzene rings is 1. The summed E-state index contributed by atoms with van der Waals surface area (Å²) >= 11 is 0. The molecule has 0 aromatic heterocycles. The Kier molecular flexibility index (Phi) is 4.26. The summed E-state index contributed by atoms with van der Waals surface area (Å²) in [5, 5.41) is 0. The van der Waals surface area contributed by atoms with E-state index in [9.17, 15) is 14.4 Å². The minimum absolute atomic E-state index is 0.0429. The van der Waals surface area contributed by atoms with E-state index in [4.69, 9.17) is 5.73 Å². The van der Waals surface area contributed by atoms with E-state index in [0.717, 1.165) is 11.1 Å². The molecule has 1 heterocycles. The lowest BCUT2D eigenvalue weighted by molar-refractivity contribution is -0.145. The average molecular weight is 289 g/mol. The lowest BCUT2D eigenvalue weighted by Crippen LogP contribution is -2.53. The number of aryl methyl sites for hydroxylation is 2. The van der Waals surface area contributed by atoms with Gasteiger partial charge in [-0.1, -0.05) is 17.7 Å². The maximum absolute atomic E-state index is 12.5. The van der Waals surface area contributed by atoms with Crippen LogP contribution in [0.2, 0.25) is 0 Å². The molecule has 21 heavy (non-hydrogen) atoms. The van der Waals surface area contributed by atoms with Crippen LogP contribution in [0, 0.1) is 13.8 Å². The predicted octanol–water partition coefficient (Wildman–Crippen LogP) is 0.0731. The second kappa shape index (κ2) is 5.95. The Labute approximate surface area is 123 Å². The van der Waals surface area contributed by atoms with Crippen LogP contribution in [-0.4, -0.2) is 53.7 Å². The van der Waals surface area contributed by atoms with Gasteiger partial charge in [0.25, 0.3) is 5.91 Å². The van der Waals surface area contributed by atoms with Gasteiger partial charge >= 0.3 is 11.8 Å². The zero-order valence-electron chi connectivity index (χ0n) is 12.3. The lowest BCUT2D eigenvalue weighted by Gasteiger charge is -2.34. The van der Waals surface area contributed by atoms with Crippen LogP contribution >= 0.6 is 0 Å². The normalized spacial score (nSPS) is 15.0. The van der Waals surface area contributed by atoms with Gasteiger partial charge in [0.15, 0.2) is 0 Å². The summed E-state index contributed by atoms with van der Waals surface area (Å²) < 4.78 is 0. The van der Waals surface area contributed by atoms with Crippen molar-refractivity contribution in [1.29, 1.82) is 0 Å². The minimum Gasteiger partial charge on any atom is -0.361 e. The van der Waals surface area contributed by atoms with Crippen LogP contribution in [0.1, 0.15) is 21.5 Å². The number of hydrogen-bond donors (Lipinski definition) is 1. The van der Waals surface area contributed by atoms with Crippen LogP contribution in [-0.2, 0) is 9.59 Å². The third-order valence-electron chi connectivity index (χ3n) is 3.68. The van der Waals surface area contributed by atoms with Gasteiger partial charge in [-0.25, -0.2) is 0 Å². The maximum atomic E-state index is 12.5. The first-order valence-corrected chi connectivity index (χ1v) is 6.85. The maximum Gasteiger partial charge on any atom is 0.311 e. The zero-order valence-corrected chi connectivity index (χ0v) is 12.3. The van der Waals surface area contributed by atoms with Crippen molar-refractivity contribution in [2.45, 2.75) is 13.8 Å². The molecule has 0 bridgehead atoms. The van der Waals surface area contributed by atoms with Crippen LogP contribution in [0.3, 0.4) is 0 Å². The highest BCUT2D eigenvalue weighted by Gasteiger charge is 2.27. The Morgan fingerprint density at radius 1 is 1.00 bits per heavy atom. The predicted molar refractivity (Wildman–Crippen MR) is 77.6 cm³/mol. The number of piperazine rings is 1. The monoisotopic (exact) mass is 289 g/mol. The van der Waals surface area contributed by atoms with Gasteiger partial charge in [-0.3, -0.25) is 14.4 Å². The molecule has 0 radical (unpaired) electrons. The van der Waals surface area contributed by atoms with Gasteiger partial charge in [-0.2, -0.15) is 0 Å². The van der Waals surface area contributed by atoms with Crippen LogP contribution in [0.15, 0.2) is 18.2 Å². The number of hydrogen-bond acceptors (Lipinski definition) is 3. The third kappa shape index (κ3) is 3.21. The smallest absolute Gasteiger partial charge is 0.311 e. The lowest BCUT2D eigenvalue weighted by atomic mass is 10.0. The van der Waals surface area contributed by atoms with Gasteiger partial charge in [-0.05, 0) is 25.5 Å². The Balaban J connectivity index is 2.03. The molecule has 1 aliphatic heterocycles. The van der Waals surface area contributed by atoms with Crippen LogP contribution in [0.5, 0.6) is 0 Å². The van der Waals surface area contributed by atoms with Crippen molar-refractivity contribution < 1.29 is 14.4 Å². The molecule has 0 unspecified atom stereocenters. The summed E-state index contributed by atoms with van der Waals surface area (Å²) in [4.78, 5) is 37.9. The van der Waals surface area contributed by atoms with Gasteiger partial charge in [0.2, 0.25) is 0 Å². The van der Waals surface area contributed by atoms with E-state index in [0.29, 0.717) is 31.7 Å². The molecule has 0 spiro atoms. The summed E-state index contributed by atoms with van der Waals surface area (Å²) in [5.74, 6) is -1.68. The fraction of sp³-hybridized carbons (Fsp3) is 0.400. The summed E-state index contributed by atoms with van der Waals surface area (Å²) in [5.41, 5.74) is 7.70. The molecular formula is C15H19N3O3. The molecule has 0 atom stereocenters. The first-order chi connectivity index (χ1) is 9.90. The molecule has 0 aliphatic carbocycles. The summed E-state index contributed by atoms with van der Waals surface area (Å²) in [6.07, 6.45) is 0. The SMILES string of the molecule is Cc1ccc(C(=O)N2CCN(C(=O)C(N)=O)CC2)c(C)c1. The number of carbonyl (C=O) groups excluding carboxylic acids is 3. The standard InChI is InChI=1S/C15H19N3O3/c1-10-3-4-12(11(2)9-10)14(20)17-5-7-18(8-6-17)15(21)13(16)19/h3-4,9H,5-8H2,1-2H3,(H2,16,19). The zero-order chi connectivity index (χ0) is 15.6. The summed E-state index contributed by atoms with van der Waals surface area (Å²) in [6.45, 7) is 5.37. The first-order valence-electron chi connectivity index (χ1n) is 6.85. The quantitative estimate of drug-likeness (QED) is 0.743. The van der Waals surface area contributed by atoms with Gasteiger partial charge in [0, 0.05) is 31.7 Å². The molecule has 1 fully saturated rings. The van der Waals surface area contributed by atoms with E-state index in [-0.39, 0.29) is 5.91 Å². The molecule has 0 saturated carbocycles. The van der Waals surface area contributed by atoms with Crippen molar-refractivity contribution in [2.24, 2.45) is 5.73 Å². The van der Waals surface area contributed by atoms with Crippen LogP contribution < -0.4 is 5.73 Å². The largest absolute Gasteiger partial charge is 0.361 e. The molecule has 112 valence electrons. The third-order valence-corrected chi connectivity index (χ3v) is 3.68. The molecule has 1 saturated heterocycles. The van der Waals surface area contributed by atoms with E-state index in [1.54, 1.807) is 4.90 Å². The molecule has 6 heteroatoms. The fourth-order valence-electron chi connectivity index (χ4n) is 2.49. The molecule has 2 N–H and O–H groups in total. The van der Waals surface area contributed by atoms with Crippen molar-refractivity contribution in [1.82, 2.24) is 9.80 Å². The molecule has 6 nitrogen and oxygen atoms in total. The van der Waals surface area contributed by atoms with E-state index >= 15 is 0 Å². The van der Waals surface area contributed by atoms with E-state index < -0.39 is 11.8 Å². The number of rotatable bonds is 1. The summed E-state index contributed by atoms with van der Waals surface area (Å²) in [7, 11) is 0. The highest BCUT2D eigenvalue weighted by atomic mass is 16.2. The molecular weight excluding hydrogens is 270 g/mol. The van der Waals surface area contributed by atoms with Gasteiger partial charge in [0.1, 0.15) is 0 Å². The van der Waals surface area contributed by atoms with E-state index in [1.165, 1.54) is 4.90 Å². The number of nitrogens with two attached hydrogens (primary N) is 1. The highest BCUT2D eigenvalue weighted by Crippen LogP contribution is 2.14. The number of amides is 3. The number of primary amides is 1. The van der Waals surface area contributed by atoms with Crippen molar-refractivity contribution >= 4 is 17.7 Å². The molecule has 2 rings (SSSR count). The summed E-state index contributed by atoms with van der Waals surface area (Å²) in [6, 6.07) is 5.71. The van der Waals surface area contributed by atoms with Crippen molar-refractivity contribution in [3.05, 3.63) is 34.9 Å². The van der Waals surface area contributed by atoms with Crippen molar-refractivity contribution in [2.75, 3.05) is 26.2 Å². The molecule has 1 aromatic rings. The fourth-order valence-corrected chi connectivity index (χ4v) is 2.49. The molecule has 1 aliphatic rings. The van der Waals surface area contributed by atoms with Crippen molar-refractivity contribution in [3.8, 4) is 0 Å². The Bertz CT molecular complexity index is 590. The second-order valence-corrected chi connectivity index (χ2v) is 5.27. The minimum atomic E-state index is -0.954. The number of carbonyl (C=O) groups is 3. The van der Waals surface area contributed by atoms with Crippen LogP contribution in [0.4, 0.5) is 0 Å². The van der Waals surface area contributed by atoms with Gasteiger partial charge in [-0.15, -0.1) is 0 Å². The second-order valence-electron chi connectivity index (χ2n) is 5.27. The Morgan fingerprint density at radius 2 is 1.57 bits per heavy atom. The molecule has 3 amide bonds. The highest BCUT2D eigenvalue weighted by molar-refractivity contribution is 6.34. The Morgan fingerprint density at radius 3 is 2.10 bits per heavy atom. The average Bonchev–Trinajstić information content (AvgIpc) is 2.46. The topological polar surface area (TPSA) is 83.7 Å². The van der Waals surface area contributed by atoms with Gasteiger partial charge in [0.05, 0.1) is 0 Å². The number of nitrogens with zero attached hydrogens (tertiary/aromatic N) is 2. The Hall–Kier alpha value is -2.37. The van der Waals surface area contributed by atoms with Crippen molar-refractivity contribution in [3.63, 3.8) is 0 Å².